The average molecular weight is 358 g/mol. The van der Waals surface area contributed by atoms with Crippen LogP contribution in [0.2, 0.25) is 0 Å². The van der Waals surface area contributed by atoms with Gasteiger partial charge in [-0.25, -0.2) is 13.8 Å². The van der Waals surface area contributed by atoms with Crippen molar-refractivity contribution < 1.29 is 18.7 Å². The van der Waals surface area contributed by atoms with Crippen LogP contribution in [-0.2, 0) is 6.42 Å². The Labute approximate surface area is 150 Å². The van der Waals surface area contributed by atoms with Gasteiger partial charge in [0.05, 0.1) is 12.8 Å². The lowest BCUT2D eigenvalue weighted by Gasteiger charge is -2.36. The lowest BCUT2D eigenvalue weighted by atomic mass is 9.70. The molecule has 2 aliphatic heterocycles. The molecule has 3 heterocycles. The standard InChI is InChI=1S/C20H20F2N2O2/c21-14-8-16(22)18(23-11-14)19(26)24-15-6-7-17(24)20(10-15,12-25)9-13-4-2-1-3-5-13/h1-5,8,11,15,17,25H,6-7,9-10,12H2/t15-,17+,20-/m0/s1. The molecular weight excluding hydrogens is 338 g/mol. The molecule has 0 saturated carbocycles. The van der Waals surface area contributed by atoms with Gasteiger partial charge in [0.15, 0.2) is 11.5 Å². The maximum Gasteiger partial charge on any atom is 0.276 e. The summed E-state index contributed by atoms with van der Waals surface area (Å²) in [6, 6.07) is 10.3. The summed E-state index contributed by atoms with van der Waals surface area (Å²) in [6.07, 6.45) is 3.80. The Bertz CT molecular complexity index is 830. The van der Waals surface area contributed by atoms with Gasteiger partial charge in [0, 0.05) is 23.6 Å². The average Bonchev–Trinajstić information content (AvgIpc) is 3.18. The van der Waals surface area contributed by atoms with Gasteiger partial charge in [0.25, 0.3) is 5.91 Å². The highest BCUT2D eigenvalue weighted by Crippen LogP contribution is 2.51. The number of benzene rings is 1. The number of carbonyl (C=O) groups excluding carboxylic acids is 1. The summed E-state index contributed by atoms with van der Waals surface area (Å²) < 4.78 is 27.2. The Morgan fingerprint density at radius 2 is 2.04 bits per heavy atom. The highest BCUT2D eigenvalue weighted by Gasteiger charge is 2.57. The van der Waals surface area contributed by atoms with Crippen molar-refractivity contribution >= 4 is 5.91 Å². The molecule has 4 rings (SSSR count). The number of aromatic nitrogens is 1. The summed E-state index contributed by atoms with van der Waals surface area (Å²) in [6.45, 7) is -0.0355. The largest absolute Gasteiger partial charge is 0.396 e. The predicted molar refractivity (Wildman–Crippen MR) is 91.4 cm³/mol. The Morgan fingerprint density at radius 3 is 2.73 bits per heavy atom. The second-order valence-corrected chi connectivity index (χ2v) is 7.33. The first-order valence-corrected chi connectivity index (χ1v) is 8.82. The first-order chi connectivity index (χ1) is 12.5. The molecule has 4 nitrogen and oxygen atoms in total. The van der Waals surface area contributed by atoms with Crippen LogP contribution in [0.3, 0.4) is 0 Å². The van der Waals surface area contributed by atoms with Crippen LogP contribution in [0.1, 0.15) is 35.3 Å². The molecule has 2 saturated heterocycles. The van der Waals surface area contributed by atoms with E-state index < -0.39 is 23.0 Å². The number of rotatable bonds is 4. The van der Waals surface area contributed by atoms with E-state index >= 15 is 0 Å². The van der Waals surface area contributed by atoms with Crippen LogP contribution in [0.4, 0.5) is 8.78 Å². The number of aliphatic hydroxyl groups is 1. The number of aliphatic hydroxyl groups excluding tert-OH is 1. The van der Waals surface area contributed by atoms with Crippen LogP contribution in [0, 0.1) is 17.0 Å². The molecule has 2 bridgehead atoms. The highest BCUT2D eigenvalue weighted by molar-refractivity contribution is 5.93. The van der Waals surface area contributed by atoms with Crippen molar-refractivity contribution in [2.45, 2.75) is 37.8 Å². The molecule has 2 aromatic rings. The normalized spacial score (nSPS) is 27.1. The molecule has 2 aliphatic rings. The van der Waals surface area contributed by atoms with Crippen LogP contribution >= 0.6 is 0 Å². The quantitative estimate of drug-likeness (QED) is 0.914. The number of halogens is 2. The van der Waals surface area contributed by atoms with Crippen LogP contribution in [0.5, 0.6) is 0 Å². The first kappa shape index (κ1) is 17.1. The smallest absolute Gasteiger partial charge is 0.276 e. The minimum absolute atomic E-state index is 0.0355. The molecule has 136 valence electrons. The van der Waals surface area contributed by atoms with Crippen molar-refractivity contribution in [3.63, 3.8) is 0 Å². The second-order valence-electron chi connectivity index (χ2n) is 7.33. The molecule has 0 spiro atoms. The van der Waals surface area contributed by atoms with Crippen LogP contribution in [0.25, 0.3) is 0 Å². The predicted octanol–water partition coefficient (Wildman–Crippen LogP) is 2.96. The van der Waals surface area contributed by atoms with Gasteiger partial charge in [-0.15, -0.1) is 0 Å². The van der Waals surface area contributed by atoms with Gasteiger partial charge in [-0.3, -0.25) is 4.79 Å². The number of amides is 1. The van der Waals surface area contributed by atoms with E-state index in [1.807, 2.05) is 30.3 Å². The molecule has 1 N–H and O–H groups in total. The van der Waals surface area contributed by atoms with Gasteiger partial charge in [0.2, 0.25) is 0 Å². The molecule has 2 fully saturated rings. The van der Waals surface area contributed by atoms with E-state index in [-0.39, 0.29) is 24.4 Å². The summed E-state index contributed by atoms with van der Waals surface area (Å²) in [4.78, 5) is 18.3. The minimum Gasteiger partial charge on any atom is -0.396 e. The Kier molecular flexibility index (Phi) is 4.23. The second kappa shape index (κ2) is 6.43. The summed E-state index contributed by atoms with van der Waals surface area (Å²) >= 11 is 0. The number of pyridine rings is 1. The van der Waals surface area contributed by atoms with E-state index in [9.17, 15) is 18.7 Å². The van der Waals surface area contributed by atoms with E-state index in [0.717, 1.165) is 24.6 Å². The van der Waals surface area contributed by atoms with Crippen LogP contribution in [-0.4, -0.2) is 39.6 Å². The minimum atomic E-state index is -0.945. The van der Waals surface area contributed by atoms with Crippen molar-refractivity contribution in [1.82, 2.24) is 9.88 Å². The summed E-state index contributed by atoms with van der Waals surface area (Å²) in [5, 5.41) is 10.2. The first-order valence-electron chi connectivity index (χ1n) is 8.82. The number of nitrogens with zero attached hydrogens (tertiary/aromatic N) is 2. The third-order valence-corrected chi connectivity index (χ3v) is 5.81. The molecule has 1 aromatic heterocycles. The maximum atomic E-state index is 14.1. The summed E-state index contributed by atoms with van der Waals surface area (Å²) in [5.74, 6) is -2.27. The van der Waals surface area contributed by atoms with Crippen molar-refractivity contribution in [1.29, 1.82) is 0 Å². The maximum absolute atomic E-state index is 14.1. The number of hydrogen-bond donors (Lipinski definition) is 1. The number of hydrogen-bond acceptors (Lipinski definition) is 3. The SMILES string of the molecule is O=C(c1ncc(F)cc1F)N1[C@H]2CC[C@@H]1[C@@](CO)(Cc1ccccc1)C2. The Hall–Kier alpha value is -2.34. The van der Waals surface area contributed by atoms with Crippen LogP contribution in [0.15, 0.2) is 42.6 Å². The molecule has 26 heavy (non-hydrogen) atoms. The fraction of sp³-hybridized carbons (Fsp3) is 0.400. The van der Waals surface area contributed by atoms with Gasteiger partial charge < -0.3 is 10.0 Å². The topological polar surface area (TPSA) is 53.4 Å². The molecule has 0 radical (unpaired) electrons. The lowest BCUT2D eigenvalue weighted by molar-refractivity contribution is 0.0562. The monoisotopic (exact) mass is 358 g/mol. The van der Waals surface area contributed by atoms with E-state index in [0.29, 0.717) is 18.9 Å². The molecule has 0 unspecified atom stereocenters. The van der Waals surface area contributed by atoms with Crippen LogP contribution < -0.4 is 0 Å². The molecule has 0 aliphatic carbocycles. The molecule has 1 aromatic carbocycles. The van der Waals surface area contributed by atoms with E-state index in [2.05, 4.69) is 4.98 Å². The van der Waals surface area contributed by atoms with E-state index in [4.69, 9.17) is 0 Å². The van der Waals surface area contributed by atoms with E-state index in [1.165, 1.54) is 0 Å². The Balaban J connectivity index is 1.64. The molecular formula is C20H20F2N2O2. The molecule has 1 amide bonds. The molecule has 6 heteroatoms. The van der Waals surface area contributed by atoms with Crippen molar-refractivity contribution in [3.8, 4) is 0 Å². The third-order valence-electron chi connectivity index (χ3n) is 5.81. The van der Waals surface area contributed by atoms with Gasteiger partial charge in [-0.1, -0.05) is 30.3 Å². The number of fused-ring (bicyclic) bond motifs is 2. The van der Waals surface area contributed by atoms with Gasteiger partial charge >= 0.3 is 0 Å². The zero-order chi connectivity index (χ0) is 18.3. The molecule has 3 atom stereocenters. The van der Waals surface area contributed by atoms with Crippen molar-refractivity contribution in [2.75, 3.05) is 6.61 Å². The zero-order valence-electron chi connectivity index (χ0n) is 14.2. The zero-order valence-corrected chi connectivity index (χ0v) is 14.2. The highest BCUT2D eigenvalue weighted by atomic mass is 19.1. The van der Waals surface area contributed by atoms with Gasteiger partial charge in [0.1, 0.15) is 5.82 Å². The third kappa shape index (κ3) is 2.69. The van der Waals surface area contributed by atoms with Crippen molar-refractivity contribution in [2.24, 2.45) is 5.41 Å². The summed E-state index contributed by atoms with van der Waals surface area (Å²) in [7, 11) is 0. The fourth-order valence-corrected chi connectivity index (χ4v) is 4.71. The van der Waals surface area contributed by atoms with Gasteiger partial charge in [-0.2, -0.15) is 0 Å². The Morgan fingerprint density at radius 1 is 1.27 bits per heavy atom. The lowest BCUT2D eigenvalue weighted by Crippen LogP contribution is -2.44. The summed E-state index contributed by atoms with van der Waals surface area (Å²) in [5.41, 5.74) is 0.320. The van der Waals surface area contributed by atoms with Gasteiger partial charge in [-0.05, 0) is 31.2 Å². The fourth-order valence-electron chi connectivity index (χ4n) is 4.71. The number of carbonyl (C=O) groups is 1. The van der Waals surface area contributed by atoms with Crippen molar-refractivity contribution in [3.05, 3.63) is 65.5 Å². The van der Waals surface area contributed by atoms with E-state index in [1.54, 1.807) is 4.90 Å².